The third-order valence-electron chi connectivity index (χ3n) is 5.01. The molecule has 3 heterocycles. The van der Waals surface area contributed by atoms with Gasteiger partial charge in [0, 0.05) is 57.4 Å². The minimum atomic E-state index is 0. The smallest absolute Gasteiger partial charge is 0.227 e. The number of rotatable bonds is 6. The van der Waals surface area contributed by atoms with Gasteiger partial charge in [-0.25, -0.2) is 9.67 Å². The Hall–Kier alpha value is -2.95. The van der Waals surface area contributed by atoms with Gasteiger partial charge >= 0.3 is 0 Å². The van der Waals surface area contributed by atoms with E-state index in [4.69, 9.17) is 0 Å². The van der Waals surface area contributed by atoms with E-state index in [-0.39, 0.29) is 29.9 Å². The molecule has 1 saturated heterocycles. The van der Waals surface area contributed by atoms with Crippen LogP contribution < -0.4 is 15.5 Å². The molecule has 1 fully saturated rings. The molecule has 1 amide bonds. The molecule has 1 aromatic carbocycles. The lowest BCUT2D eigenvalue weighted by atomic mass is 10.2. The molecule has 0 atom stereocenters. The number of hydrogen-bond donors (Lipinski definition) is 2. The zero-order valence-electron chi connectivity index (χ0n) is 17.4. The van der Waals surface area contributed by atoms with E-state index in [2.05, 4.69) is 25.7 Å². The maximum Gasteiger partial charge on any atom is 0.227 e. The van der Waals surface area contributed by atoms with Gasteiger partial charge in [-0.2, -0.15) is 5.10 Å². The van der Waals surface area contributed by atoms with Gasteiger partial charge in [0.15, 0.2) is 11.8 Å². The highest BCUT2D eigenvalue weighted by atomic mass is 127. The maximum atomic E-state index is 11.9. The number of carbonyl (C=O) groups is 1. The highest BCUT2D eigenvalue weighted by molar-refractivity contribution is 14.0. The Balaban J connectivity index is 0.00000272. The topological polar surface area (TPSA) is 87.4 Å². The van der Waals surface area contributed by atoms with Crippen molar-refractivity contribution < 1.29 is 4.79 Å². The maximum absolute atomic E-state index is 11.9. The molecule has 1 aliphatic rings. The van der Waals surface area contributed by atoms with Gasteiger partial charge in [0.2, 0.25) is 5.91 Å². The number of halogens is 1. The Kier molecular flexibility index (Phi) is 7.99. The van der Waals surface area contributed by atoms with Crippen LogP contribution in [0, 0.1) is 0 Å². The second-order valence-electron chi connectivity index (χ2n) is 7.07. The van der Waals surface area contributed by atoms with Gasteiger partial charge in [-0.3, -0.25) is 9.79 Å². The summed E-state index contributed by atoms with van der Waals surface area (Å²) < 4.78 is 1.73. The van der Waals surface area contributed by atoms with Gasteiger partial charge < -0.3 is 15.5 Å². The van der Waals surface area contributed by atoms with Crippen LogP contribution in [0.5, 0.6) is 0 Å². The normalized spacial score (nSPS) is 13.8. The van der Waals surface area contributed by atoms with Crippen molar-refractivity contribution in [3.63, 3.8) is 0 Å². The number of aromatic nitrogens is 3. The van der Waals surface area contributed by atoms with Crippen LogP contribution in [0.25, 0.3) is 5.82 Å². The van der Waals surface area contributed by atoms with Gasteiger partial charge in [-0.15, -0.1) is 24.0 Å². The van der Waals surface area contributed by atoms with Gasteiger partial charge in [0.25, 0.3) is 0 Å². The Bertz CT molecular complexity index is 1020. The van der Waals surface area contributed by atoms with E-state index in [0.717, 1.165) is 35.6 Å². The second kappa shape index (κ2) is 10.9. The van der Waals surface area contributed by atoms with Gasteiger partial charge in [0.1, 0.15) is 0 Å². The number of nitrogens with one attached hydrogen (secondary N) is 2. The van der Waals surface area contributed by atoms with E-state index in [1.54, 1.807) is 24.1 Å². The third kappa shape index (κ3) is 5.81. The largest absolute Gasteiger partial charge is 0.352 e. The third-order valence-corrected chi connectivity index (χ3v) is 5.01. The lowest BCUT2D eigenvalue weighted by Gasteiger charge is -2.16. The van der Waals surface area contributed by atoms with Crippen molar-refractivity contribution in [1.82, 2.24) is 25.4 Å². The lowest BCUT2D eigenvalue weighted by molar-refractivity contribution is -0.117. The summed E-state index contributed by atoms with van der Waals surface area (Å²) in [4.78, 5) is 22.4. The van der Waals surface area contributed by atoms with E-state index < -0.39 is 0 Å². The number of aliphatic imine (C=N–C) groups is 1. The van der Waals surface area contributed by atoms with E-state index in [0.29, 0.717) is 25.5 Å². The first-order valence-corrected chi connectivity index (χ1v) is 10.0. The second-order valence-corrected chi connectivity index (χ2v) is 7.07. The van der Waals surface area contributed by atoms with E-state index in [1.165, 1.54) is 0 Å². The van der Waals surface area contributed by atoms with Gasteiger partial charge in [-0.1, -0.05) is 12.1 Å². The van der Waals surface area contributed by atoms with E-state index >= 15 is 0 Å². The highest BCUT2D eigenvalue weighted by Crippen LogP contribution is 2.21. The number of carbonyl (C=O) groups excluding carboxylic acids is 1. The van der Waals surface area contributed by atoms with Crippen LogP contribution in [0.3, 0.4) is 0 Å². The average Bonchev–Trinajstić information content (AvgIpc) is 3.47. The van der Waals surface area contributed by atoms with Crippen molar-refractivity contribution in [2.24, 2.45) is 4.99 Å². The summed E-state index contributed by atoms with van der Waals surface area (Å²) in [5.41, 5.74) is 3.17. The first-order chi connectivity index (χ1) is 14.7. The minimum absolute atomic E-state index is 0. The number of anilines is 1. The van der Waals surface area contributed by atoms with Crippen LogP contribution in [0.1, 0.15) is 24.0 Å². The van der Waals surface area contributed by atoms with Crippen LogP contribution in [0.4, 0.5) is 5.69 Å². The summed E-state index contributed by atoms with van der Waals surface area (Å²) in [7, 11) is 1.75. The molecule has 162 valence electrons. The monoisotopic (exact) mass is 531 g/mol. The fraction of sp³-hybridized carbons (Fsp3) is 0.273. The number of hydrogen-bond acceptors (Lipinski definition) is 4. The molecule has 0 saturated carbocycles. The first kappa shape index (κ1) is 22.7. The number of benzene rings is 1. The van der Waals surface area contributed by atoms with Crippen LogP contribution >= 0.6 is 24.0 Å². The molecule has 0 radical (unpaired) electrons. The highest BCUT2D eigenvalue weighted by Gasteiger charge is 2.21. The summed E-state index contributed by atoms with van der Waals surface area (Å²) in [6.07, 6.45) is 6.95. The zero-order chi connectivity index (χ0) is 20.8. The number of guanidine groups is 1. The molecule has 3 aromatic rings. The molecular weight excluding hydrogens is 505 g/mol. The molecule has 4 rings (SSSR count). The number of nitrogens with zero attached hydrogens (tertiary/aromatic N) is 5. The lowest BCUT2D eigenvalue weighted by Crippen LogP contribution is -2.36. The summed E-state index contributed by atoms with van der Waals surface area (Å²) in [6, 6.07) is 13.9. The molecule has 1 aliphatic heterocycles. The molecule has 0 unspecified atom stereocenters. The average molecular weight is 531 g/mol. The SMILES string of the molecule is CN=C(NCc1ccc(N2CCCC2=O)cc1)NCc1ccnc(-n2cccn2)c1.I. The van der Waals surface area contributed by atoms with E-state index in [1.807, 2.05) is 53.6 Å². The Morgan fingerprint density at radius 2 is 1.87 bits per heavy atom. The van der Waals surface area contributed by atoms with Crippen molar-refractivity contribution in [3.8, 4) is 5.82 Å². The molecule has 0 spiro atoms. The number of pyridine rings is 1. The molecular formula is C22H26IN7O. The predicted octanol–water partition coefficient (Wildman–Crippen LogP) is 2.88. The Morgan fingerprint density at radius 1 is 1.10 bits per heavy atom. The zero-order valence-corrected chi connectivity index (χ0v) is 19.7. The molecule has 2 N–H and O–H groups in total. The minimum Gasteiger partial charge on any atom is -0.352 e. The predicted molar refractivity (Wildman–Crippen MR) is 132 cm³/mol. The molecule has 9 heteroatoms. The number of amides is 1. The van der Waals surface area contributed by atoms with E-state index in [9.17, 15) is 4.79 Å². The molecule has 31 heavy (non-hydrogen) atoms. The summed E-state index contributed by atoms with van der Waals surface area (Å²) >= 11 is 0. The Morgan fingerprint density at radius 3 is 2.52 bits per heavy atom. The summed E-state index contributed by atoms with van der Waals surface area (Å²) in [5.74, 6) is 1.70. The fourth-order valence-corrected chi connectivity index (χ4v) is 3.41. The van der Waals surface area contributed by atoms with Gasteiger partial charge in [-0.05, 0) is 47.9 Å². The summed E-state index contributed by atoms with van der Waals surface area (Å²) in [5, 5.41) is 10.9. The van der Waals surface area contributed by atoms with Crippen molar-refractivity contribution in [2.75, 3.05) is 18.5 Å². The molecule has 0 aliphatic carbocycles. The van der Waals surface area contributed by atoms with Crippen molar-refractivity contribution in [1.29, 1.82) is 0 Å². The van der Waals surface area contributed by atoms with Crippen LogP contribution in [0.2, 0.25) is 0 Å². The molecule has 8 nitrogen and oxygen atoms in total. The fourth-order valence-electron chi connectivity index (χ4n) is 3.41. The standard InChI is InChI=1S/C22H25N7O.HI/c1-23-22(26-16-18-9-11-24-20(14-18)29-13-3-10-27-29)25-15-17-5-7-19(8-6-17)28-12-2-4-21(28)30;/h3,5-11,13-14H,2,4,12,15-16H2,1H3,(H2,23,25,26);1H. The first-order valence-electron chi connectivity index (χ1n) is 10.0. The van der Waals surface area contributed by atoms with Crippen molar-refractivity contribution >= 4 is 41.5 Å². The van der Waals surface area contributed by atoms with Gasteiger partial charge in [0.05, 0.1) is 0 Å². The van der Waals surface area contributed by atoms with Crippen LogP contribution in [-0.4, -0.2) is 40.2 Å². The molecule has 2 aromatic heterocycles. The van der Waals surface area contributed by atoms with Crippen molar-refractivity contribution in [2.45, 2.75) is 25.9 Å². The summed E-state index contributed by atoms with van der Waals surface area (Å²) in [6.45, 7) is 2.07. The van der Waals surface area contributed by atoms with Crippen LogP contribution in [-0.2, 0) is 17.9 Å². The van der Waals surface area contributed by atoms with Crippen molar-refractivity contribution in [3.05, 3.63) is 72.2 Å². The Labute approximate surface area is 198 Å². The molecule has 0 bridgehead atoms. The van der Waals surface area contributed by atoms with Crippen LogP contribution in [0.15, 0.2) is 66.0 Å². The quantitative estimate of drug-likeness (QED) is 0.290.